The molecule has 0 atom stereocenters. The first-order valence-electron chi connectivity index (χ1n) is 8.05. The van der Waals surface area contributed by atoms with Crippen LogP contribution >= 0.6 is 0 Å². The van der Waals surface area contributed by atoms with Crippen LogP contribution < -0.4 is 10.6 Å². The summed E-state index contributed by atoms with van der Waals surface area (Å²) in [4.78, 5) is 14.0. The van der Waals surface area contributed by atoms with Gasteiger partial charge in [0.15, 0.2) is 0 Å². The Morgan fingerprint density at radius 2 is 1.81 bits per heavy atom. The predicted octanol–water partition coefficient (Wildman–Crippen LogP) is 3.49. The van der Waals surface area contributed by atoms with Gasteiger partial charge < -0.3 is 15.5 Å². The average molecular weight is 291 g/mol. The third-order valence-electron chi connectivity index (χ3n) is 3.32. The summed E-state index contributed by atoms with van der Waals surface area (Å²) in [6, 6.07) is 7.97. The summed E-state index contributed by atoms with van der Waals surface area (Å²) in [5.41, 5.74) is 2.12. The summed E-state index contributed by atoms with van der Waals surface area (Å²) in [7, 11) is 0. The second-order valence-corrected chi connectivity index (χ2v) is 5.28. The number of urea groups is 1. The Morgan fingerprint density at radius 1 is 1.10 bits per heavy atom. The van der Waals surface area contributed by atoms with Crippen LogP contribution in [-0.4, -0.2) is 37.1 Å². The quantitative estimate of drug-likeness (QED) is 0.731. The van der Waals surface area contributed by atoms with Gasteiger partial charge in [0.05, 0.1) is 0 Å². The number of amides is 2. The molecule has 0 spiro atoms. The van der Waals surface area contributed by atoms with Gasteiger partial charge in [0, 0.05) is 18.8 Å². The number of rotatable bonds is 9. The van der Waals surface area contributed by atoms with Gasteiger partial charge in [-0.3, -0.25) is 0 Å². The van der Waals surface area contributed by atoms with Gasteiger partial charge in [-0.15, -0.1) is 0 Å². The minimum Gasteiger partial charge on any atom is -0.338 e. The molecule has 118 valence electrons. The fraction of sp³-hybridized carbons (Fsp3) is 0.588. The summed E-state index contributed by atoms with van der Waals surface area (Å²) in [5, 5.41) is 5.60. The van der Waals surface area contributed by atoms with E-state index in [2.05, 4.69) is 41.5 Å². The van der Waals surface area contributed by atoms with E-state index in [0.717, 1.165) is 31.7 Å². The summed E-state index contributed by atoms with van der Waals surface area (Å²) in [6.45, 7) is 10.4. The molecule has 0 saturated heterocycles. The maximum absolute atomic E-state index is 11.5. The Morgan fingerprint density at radius 3 is 2.43 bits per heavy atom. The van der Waals surface area contributed by atoms with E-state index in [9.17, 15) is 4.79 Å². The van der Waals surface area contributed by atoms with Gasteiger partial charge in [-0.2, -0.15) is 0 Å². The maximum atomic E-state index is 11.5. The lowest BCUT2D eigenvalue weighted by atomic mass is 10.1. The number of nitrogens with one attached hydrogen (secondary N) is 2. The van der Waals surface area contributed by atoms with E-state index < -0.39 is 0 Å². The fourth-order valence-electron chi connectivity index (χ4n) is 2.40. The molecule has 1 aromatic rings. The van der Waals surface area contributed by atoms with Crippen molar-refractivity contribution in [3.05, 3.63) is 29.8 Å². The van der Waals surface area contributed by atoms with E-state index in [1.54, 1.807) is 0 Å². The molecule has 2 N–H and O–H groups in total. The van der Waals surface area contributed by atoms with E-state index in [-0.39, 0.29) is 6.03 Å². The molecule has 0 radical (unpaired) electrons. The minimum atomic E-state index is -0.145. The molecular formula is C17H29N3O. The van der Waals surface area contributed by atoms with Crippen LogP contribution in [-0.2, 0) is 6.42 Å². The normalized spacial score (nSPS) is 10.7. The Bertz CT molecular complexity index is 414. The van der Waals surface area contributed by atoms with Crippen LogP contribution in [0.25, 0.3) is 0 Å². The molecule has 0 bridgehead atoms. The van der Waals surface area contributed by atoms with E-state index in [0.29, 0.717) is 6.54 Å². The summed E-state index contributed by atoms with van der Waals surface area (Å²) < 4.78 is 0. The zero-order valence-electron chi connectivity index (χ0n) is 13.6. The number of anilines is 1. The molecule has 1 rings (SSSR count). The lowest BCUT2D eigenvalue weighted by Gasteiger charge is -2.21. The summed E-state index contributed by atoms with van der Waals surface area (Å²) in [6.07, 6.45) is 3.41. The van der Waals surface area contributed by atoms with Gasteiger partial charge in [-0.25, -0.2) is 4.79 Å². The van der Waals surface area contributed by atoms with Crippen molar-refractivity contribution in [1.82, 2.24) is 10.2 Å². The summed E-state index contributed by atoms with van der Waals surface area (Å²) in [5.74, 6) is 0. The van der Waals surface area contributed by atoms with Crippen LogP contribution in [0.1, 0.15) is 39.2 Å². The number of carbonyl (C=O) groups excluding carboxylic acids is 1. The first-order valence-corrected chi connectivity index (χ1v) is 8.05. The molecule has 1 aromatic carbocycles. The lowest BCUT2D eigenvalue weighted by Crippen LogP contribution is -2.28. The molecule has 2 amide bonds. The zero-order chi connectivity index (χ0) is 15.5. The second kappa shape index (κ2) is 10.2. The van der Waals surface area contributed by atoms with Crippen molar-refractivity contribution in [2.75, 3.05) is 31.5 Å². The third kappa shape index (κ3) is 7.14. The lowest BCUT2D eigenvalue weighted by molar-refractivity contribution is 0.252. The van der Waals surface area contributed by atoms with E-state index in [1.807, 2.05) is 19.1 Å². The van der Waals surface area contributed by atoms with Crippen LogP contribution in [0.15, 0.2) is 24.3 Å². The largest absolute Gasteiger partial charge is 0.338 e. The SMILES string of the molecule is CCCN(CCC)CCc1cccc(NC(=O)NCC)c1. The number of benzene rings is 1. The predicted molar refractivity (Wildman–Crippen MR) is 89.9 cm³/mol. The van der Waals surface area contributed by atoms with Crippen molar-refractivity contribution in [1.29, 1.82) is 0 Å². The standard InChI is InChI=1S/C17H29N3O/c1-4-11-20(12-5-2)13-10-15-8-7-9-16(14-15)19-17(21)18-6-3/h7-9,14H,4-6,10-13H2,1-3H3,(H2,18,19,21). The maximum Gasteiger partial charge on any atom is 0.319 e. The molecule has 0 aliphatic rings. The molecule has 0 aliphatic heterocycles. The van der Waals surface area contributed by atoms with E-state index in [1.165, 1.54) is 18.4 Å². The van der Waals surface area contributed by atoms with Gasteiger partial charge in [0.25, 0.3) is 0 Å². The summed E-state index contributed by atoms with van der Waals surface area (Å²) >= 11 is 0. The van der Waals surface area contributed by atoms with Gasteiger partial charge in [-0.05, 0) is 57.0 Å². The van der Waals surface area contributed by atoms with Gasteiger partial charge in [-0.1, -0.05) is 26.0 Å². The van der Waals surface area contributed by atoms with Gasteiger partial charge in [0.2, 0.25) is 0 Å². The highest BCUT2D eigenvalue weighted by molar-refractivity contribution is 5.89. The topological polar surface area (TPSA) is 44.4 Å². The Kier molecular flexibility index (Phi) is 8.51. The molecule has 0 unspecified atom stereocenters. The molecule has 21 heavy (non-hydrogen) atoms. The van der Waals surface area contributed by atoms with Gasteiger partial charge in [0.1, 0.15) is 0 Å². The molecule has 4 heteroatoms. The number of hydrogen-bond donors (Lipinski definition) is 2. The van der Waals surface area contributed by atoms with E-state index in [4.69, 9.17) is 0 Å². The third-order valence-corrected chi connectivity index (χ3v) is 3.32. The molecule has 0 saturated carbocycles. The van der Waals surface area contributed by atoms with E-state index >= 15 is 0 Å². The minimum absolute atomic E-state index is 0.145. The highest BCUT2D eigenvalue weighted by Crippen LogP contribution is 2.12. The Hall–Kier alpha value is -1.55. The highest BCUT2D eigenvalue weighted by Gasteiger charge is 2.04. The monoisotopic (exact) mass is 291 g/mol. The van der Waals surface area contributed by atoms with Crippen LogP contribution in [0.3, 0.4) is 0 Å². The number of hydrogen-bond acceptors (Lipinski definition) is 2. The van der Waals surface area contributed by atoms with Crippen molar-refractivity contribution < 1.29 is 4.79 Å². The fourth-order valence-corrected chi connectivity index (χ4v) is 2.40. The first-order chi connectivity index (χ1) is 10.2. The van der Waals surface area contributed by atoms with Crippen molar-refractivity contribution in [3.8, 4) is 0 Å². The van der Waals surface area contributed by atoms with Crippen molar-refractivity contribution in [2.24, 2.45) is 0 Å². The highest BCUT2D eigenvalue weighted by atomic mass is 16.2. The molecule has 0 fully saturated rings. The zero-order valence-corrected chi connectivity index (χ0v) is 13.6. The van der Waals surface area contributed by atoms with Crippen LogP contribution in [0.4, 0.5) is 10.5 Å². The average Bonchev–Trinajstić information content (AvgIpc) is 2.46. The molecular weight excluding hydrogens is 262 g/mol. The molecule has 4 nitrogen and oxygen atoms in total. The van der Waals surface area contributed by atoms with Crippen LogP contribution in [0.2, 0.25) is 0 Å². The second-order valence-electron chi connectivity index (χ2n) is 5.28. The molecule has 0 aliphatic carbocycles. The number of nitrogens with zero attached hydrogens (tertiary/aromatic N) is 1. The van der Waals surface area contributed by atoms with Gasteiger partial charge >= 0.3 is 6.03 Å². The van der Waals surface area contributed by atoms with Crippen molar-refractivity contribution in [2.45, 2.75) is 40.0 Å². The smallest absolute Gasteiger partial charge is 0.319 e. The Labute approximate surface area is 128 Å². The Balaban J connectivity index is 2.53. The van der Waals surface area contributed by atoms with Crippen molar-refractivity contribution >= 4 is 11.7 Å². The van der Waals surface area contributed by atoms with Crippen molar-refractivity contribution in [3.63, 3.8) is 0 Å². The van der Waals surface area contributed by atoms with Crippen LogP contribution in [0, 0.1) is 0 Å². The number of carbonyl (C=O) groups is 1. The van der Waals surface area contributed by atoms with Crippen LogP contribution in [0.5, 0.6) is 0 Å². The molecule has 0 aromatic heterocycles. The first kappa shape index (κ1) is 17.5. The molecule has 0 heterocycles.